The van der Waals surface area contributed by atoms with Gasteiger partial charge in [-0.15, -0.1) is 0 Å². The van der Waals surface area contributed by atoms with Gasteiger partial charge in [0.15, 0.2) is 0 Å². The third-order valence-electron chi connectivity index (χ3n) is 12.8. The molecule has 0 saturated heterocycles. The molecule has 5 rings (SSSR count). The molecule has 0 radical (unpaired) electrons. The smallest absolute Gasteiger partial charge is 0.0594 e. The van der Waals surface area contributed by atoms with E-state index in [1.54, 1.807) is 0 Å². The maximum atomic E-state index is 10.9. The standard InChI is InChI=1S/C29H48O/c1-19-10-13-26(4)16-17-28(6)20(21(26)18-19)8-9-23-27(5)14-12-24(30)25(2,3)22(27)11-15-29(23,28)7/h8,19,21-24,30H,9-18H2,1-7H3/t19-,21?,22?,23?,24-,26-,27+,28-,29-/m1/s1. The highest BCUT2D eigenvalue weighted by molar-refractivity contribution is 5.33. The van der Waals surface area contributed by atoms with Gasteiger partial charge in [0.1, 0.15) is 0 Å². The van der Waals surface area contributed by atoms with Crippen molar-refractivity contribution in [1.29, 1.82) is 0 Å². The van der Waals surface area contributed by atoms with Crippen LogP contribution >= 0.6 is 0 Å². The molecule has 1 N–H and O–H groups in total. The van der Waals surface area contributed by atoms with Crippen molar-refractivity contribution in [2.75, 3.05) is 0 Å². The van der Waals surface area contributed by atoms with Crippen LogP contribution in [-0.2, 0) is 0 Å². The Bertz CT molecular complexity index is 749. The maximum Gasteiger partial charge on any atom is 0.0594 e. The molecule has 0 bridgehead atoms. The van der Waals surface area contributed by atoms with Crippen molar-refractivity contribution in [2.45, 2.75) is 119 Å². The molecule has 0 aromatic heterocycles. The highest BCUT2D eigenvalue weighted by Gasteiger charge is 2.67. The van der Waals surface area contributed by atoms with Gasteiger partial charge < -0.3 is 5.11 Å². The Hall–Kier alpha value is -0.300. The molecule has 5 aliphatic carbocycles. The Morgan fingerprint density at radius 2 is 1.57 bits per heavy atom. The molecule has 1 nitrogen and oxygen atoms in total. The van der Waals surface area contributed by atoms with Crippen LogP contribution in [0.5, 0.6) is 0 Å². The average molecular weight is 413 g/mol. The number of allylic oxidation sites excluding steroid dienone is 2. The first kappa shape index (κ1) is 21.5. The van der Waals surface area contributed by atoms with Crippen LogP contribution in [0.25, 0.3) is 0 Å². The number of aliphatic hydroxyl groups excluding tert-OH is 1. The molecule has 3 unspecified atom stereocenters. The first-order valence-electron chi connectivity index (χ1n) is 13.3. The van der Waals surface area contributed by atoms with Gasteiger partial charge in [0, 0.05) is 0 Å². The highest BCUT2D eigenvalue weighted by Crippen LogP contribution is 2.75. The van der Waals surface area contributed by atoms with Crippen molar-refractivity contribution < 1.29 is 5.11 Å². The van der Waals surface area contributed by atoms with Crippen LogP contribution < -0.4 is 0 Å². The van der Waals surface area contributed by atoms with Gasteiger partial charge in [-0.05, 0) is 109 Å². The number of rotatable bonds is 0. The van der Waals surface area contributed by atoms with E-state index >= 15 is 0 Å². The fourth-order valence-corrected chi connectivity index (χ4v) is 10.4. The second kappa shape index (κ2) is 6.39. The van der Waals surface area contributed by atoms with Crippen LogP contribution in [0.4, 0.5) is 0 Å². The van der Waals surface area contributed by atoms with E-state index in [1.165, 1.54) is 57.8 Å². The molecule has 4 fully saturated rings. The van der Waals surface area contributed by atoms with E-state index in [1.807, 2.05) is 5.57 Å². The lowest BCUT2D eigenvalue weighted by atomic mass is 9.34. The first-order valence-corrected chi connectivity index (χ1v) is 13.3. The summed E-state index contributed by atoms with van der Waals surface area (Å²) in [6, 6.07) is 0. The van der Waals surface area contributed by atoms with Crippen molar-refractivity contribution in [3.8, 4) is 0 Å². The van der Waals surface area contributed by atoms with E-state index < -0.39 is 0 Å². The molecule has 0 aliphatic heterocycles. The first-order chi connectivity index (χ1) is 13.9. The van der Waals surface area contributed by atoms with Crippen LogP contribution in [0.1, 0.15) is 113 Å². The topological polar surface area (TPSA) is 20.2 Å². The SMILES string of the molecule is C[C@@H]1CC[C@]2(C)CC[C@]3(C)C(=CCC4[C@@]5(C)CC[C@@H](O)C(C)(C)C5CC[C@]43C)C2C1. The van der Waals surface area contributed by atoms with Gasteiger partial charge >= 0.3 is 0 Å². The van der Waals surface area contributed by atoms with Crippen molar-refractivity contribution in [2.24, 2.45) is 50.7 Å². The Kier molecular flexibility index (Phi) is 4.59. The predicted octanol–water partition coefficient (Wildman–Crippen LogP) is 7.78. The Morgan fingerprint density at radius 3 is 2.30 bits per heavy atom. The van der Waals surface area contributed by atoms with E-state index in [0.717, 1.165) is 24.2 Å². The fraction of sp³-hybridized carbons (Fsp3) is 0.931. The highest BCUT2D eigenvalue weighted by atomic mass is 16.3. The number of hydrogen-bond acceptors (Lipinski definition) is 1. The summed E-state index contributed by atoms with van der Waals surface area (Å²) in [5.41, 5.74) is 3.68. The second-order valence-corrected chi connectivity index (χ2v) is 14.3. The summed E-state index contributed by atoms with van der Waals surface area (Å²) in [4.78, 5) is 0. The van der Waals surface area contributed by atoms with Gasteiger partial charge in [0.05, 0.1) is 6.10 Å². The maximum absolute atomic E-state index is 10.9. The second-order valence-electron chi connectivity index (χ2n) is 14.3. The summed E-state index contributed by atoms with van der Waals surface area (Å²) < 4.78 is 0. The Labute approximate surface area is 186 Å². The monoisotopic (exact) mass is 412 g/mol. The largest absolute Gasteiger partial charge is 0.393 e. The van der Waals surface area contributed by atoms with E-state index in [4.69, 9.17) is 0 Å². The van der Waals surface area contributed by atoms with Crippen LogP contribution in [0, 0.1) is 50.7 Å². The predicted molar refractivity (Wildman–Crippen MR) is 126 cm³/mol. The van der Waals surface area contributed by atoms with E-state index in [2.05, 4.69) is 54.5 Å². The molecule has 0 heterocycles. The summed E-state index contributed by atoms with van der Waals surface area (Å²) in [6.45, 7) is 17.9. The van der Waals surface area contributed by atoms with E-state index in [-0.39, 0.29) is 11.5 Å². The van der Waals surface area contributed by atoms with Gasteiger partial charge in [-0.25, -0.2) is 0 Å². The quantitative estimate of drug-likeness (QED) is 0.403. The zero-order valence-corrected chi connectivity index (χ0v) is 21.0. The molecule has 30 heavy (non-hydrogen) atoms. The molecule has 170 valence electrons. The lowest BCUT2D eigenvalue weighted by molar-refractivity contribution is -0.202. The molecule has 0 aromatic carbocycles. The third kappa shape index (κ3) is 2.51. The zero-order valence-electron chi connectivity index (χ0n) is 21.0. The average Bonchev–Trinajstić information content (AvgIpc) is 2.67. The minimum absolute atomic E-state index is 0.0587. The minimum Gasteiger partial charge on any atom is -0.393 e. The van der Waals surface area contributed by atoms with Gasteiger partial charge in [0.25, 0.3) is 0 Å². The summed E-state index contributed by atoms with van der Waals surface area (Å²) in [6.07, 6.45) is 16.0. The van der Waals surface area contributed by atoms with Crippen LogP contribution in [-0.4, -0.2) is 11.2 Å². The molecule has 1 heteroatoms. The molecule has 4 saturated carbocycles. The van der Waals surface area contributed by atoms with Gasteiger partial charge in [-0.2, -0.15) is 0 Å². The molecule has 0 aromatic rings. The number of aliphatic hydroxyl groups is 1. The molecule has 5 aliphatic rings. The number of hydrogen-bond donors (Lipinski definition) is 1. The van der Waals surface area contributed by atoms with Crippen LogP contribution in [0.3, 0.4) is 0 Å². The minimum atomic E-state index is -0.121. The molecule has 0 spiro atoms. The summed E-state index contributed by atoms with van der Waals surface area (Å²) in [5, 5.41) is 10.9. The molecule has 0 amide bonds. The van der Waals surface area contributed by atoms with Crippen molar-refractivity contribution in [3.05, 3.63) is 11.6 Å². The zero-order chi connectivity index (χ0) is 21.7. The van der Waals surface area contributed by atoms with Gasteiger partial charge in [-0.1, -0.05) is 66.5 Å². The van der Waals surface area contributed by atoms with Gasteiger partial charge in [-0.3, -0.25) is 0 Å². The van der Waals surface area contributed by atoms with Crippen molar-refractivity contribution in [3.63, 3.8) is 0 Å². The lowest BCUT2D eigenvalue weighted by Gasteiger charge is -2.71. The third-order valence-corrected chi connectivity index (χ3v) is 12.8. The van der Waals surface area contributed by atoms with Gasteiger partial charge in [0.2, 0.25) is 0 Å². The number of fused-ring (bicyclic) bond motifs is 7. The summed E-state index contributed by atoms with van der Waals surface area (Å²) in [7, 11) is 0. The van der Waals surface area contributed by atoms with Crippen LogP contribution in [0.2, 0.25) is 0 Å². The van der Waals surface area contributed by atoms with Crippen LogP contribution in [0.15, 0.2) is 11.6 Å². The lowest BCUT2D eigenvalue weighted by Crippen LogP contribution is -2.64. The Balaban J connectivity index is 1.57. The molecular weight excluding hydrogens is 364 g/mol. The summed E-state index contributed by atoms with van der Waals surface area (Å²) in [5.74, 6) is 3.15. The normalized spacial score (nSPS) is 57.3. The molecular formula is C29H48O. The van der Waals surface area contributed by atoms with E-state index in [9.17, 15) is 5.11 Å². The van der Waals surface area contributed by atoms with Crippen molar-refractivity contribution in [1.82, 2.24) is 0 Å². The Morgan fingerprint density at radius 1 is 0.833 bits per heavy atom. The fourth-order valence-electron chi connectivity index (χ4n) is 10.4. The summed E-state index contributed by atoms with van der Waals surface area (Å²) >= 11 is 0. The van der Waals surface area contributed by atoms with Crippen molar-refractivity contribution >= 4 is 0 Å². The van der Waals surface area contributed by atoms with E-state index in [0.29, 0.717) is 27.6 Å². The molecule has 9 atom stereocenters.